The molecule has 5 rings (SSSR count). The highest BCUT2D eigenvalue weighted by atomic mass is 19.1. The number of methoxy groups -OCH3 is 1. The second kappa shape index (κ2) is 11.2. The van der Waals surface area contributed by atoms with E-state index in [-0.39, 0.29) is 29.9 Å². The van der Waals surface area contributed by atoms with Crippen LogP contribution in [0, 0.1) is 5.82 Å². The van der Waals surface area contributed by atoms with Crippen LogP contribution >= 0.6 is 0 Å². The molecule has 202 valence electrons. The van der Waals surface area contributed by atoms with Crippen LogP contribution in [0.1, 0.15) is 39.1 Å². The zero-order chi connectivity index (χ0) is 27.4. The average Bonchev–Trinajstić information content (AvgIpc) is 3.34. The molecule has 1 N–H and O–H groups in total. The van der Waals surface area contributed by atoms with E-state index >= 15 is 0 Å². The average molecular weight is 532 g/mol. The third-order valence-corrected chi connectivity index (χ3v) is 7.33. The summed E-state index contributed by atoms with van der Waals surface area (Å²) in [6.45, 7) is 0.949. The molecule has 2 saturated heterocycles. The quantitative estimate of drug-likeness (QED) is 0.525. The molecule has 8 nitrogen and oxygen atoms in total. The number of carbonyl (C=O) groups is 3. The van der Waals surface area contributed by atoms with Crippen LogP contribution in [0.4, 0.5) is 4.39 Å². The molecular weight excluding hydrogens is 501 g/mol. The van der Waals surface area contributed by atoms with Gasteiger partial charge >= 0.3 is 0 Å². The molecule has 9 heteroatoms. The number of rotatable bonds is 6. The highest BCUT2D eigenvalue weighted by molar-refractivity contribution is 5.99. The standard InChI is InChI=1S/C30H30FN3O5/c1-38-25-12-10-22(11-13-25)29(37)34-26(27(35)32-19-21-6-3-2-4-7-21)20-39-30(34)14-16-33(17-15-30)28(36)23-8-5-9-24(31)18-23/h2-13,18,26H,14-17,19-20H2,1H3,(H,32,35). The van der Waals surface area contributed by atoms with Crippen molar-refractivity contribution in [2.24, 2.45) is 0 Å². The first-order valence-corrected chi connectivity index (χ1v) is 12.9. The van der Waals surface area contributed by atoms with Crippen LogP contribution in [0.2, 0.25) is 0 Å². The van der Waals surface area contributed by atoms with Crippen LogP contribution in [-0.2, 0) is 16.1 Å². The highest BCUT2D eigenvalue weighted by Crippen LogP contribution is 2.39. The predicted molar refractivity (Wildman–Crippen MR) is 141 cm³/mol. The van der Waals surface area contributed by atoms with Crippen LogP contribution < -0.4 is 10.1 Å². The fraction of sp³-hybridized carbons (Fsp3) is 0.300. The Hall–Kier alpha value is -4.24. The van der Waals surface area contributed by atoms with Gasteiger partial charge in [0.2, 0.25) is 5.91 Å². The summed E-state index contributed by atoms with van der Waals surface area (Å²) in [5, 5.41) is 2.94. The van der Waals surface area contributed by atoms with Gasteiger partial charge in [-0.05, 0) is 48.0 Å². The maximum Gasteiger partial charge on any atom is 0.256 e. The molecule has 0 bridgehead atoms. The number of hydrogen-bond donors (Lipinski definition) is 1. The van der Waals surface area contributed by atoms with E-state index in [9.17, 15) is 18.8 Å². The van der Waals surface area contributed by atoms with Gasteiger partial charge in [-0.1, -0.05) is 36.4 Å². The van der Waals surface area contributed by atoms with Crippen molar-refractivity contribution in [1.82, 2.24) is 15.1 Å². The number of halogens is 1. The Morgan fingerprint density at radius 2 is 1.67 bits per heavy atom. The Morgan fingerprint density at radius 1 is 0.949 bits per heavy atom. The molecule has 3 aromatic rings. The van der Waals surface area contributed by atoms with Crippen molar-refractivity contribution < 1.29 is 28.2 Å². The fourth-order valence-corrected chi connectivity index (χ4v) is 5.21. The van der Waals surface area contributed by atoms with Gasteiger partial charge in [-0.25, -0.2) is 4.39 Å². The van der Waals surface area contributed by atoms with E-state index in [2.05, 4.69) is 5.32 Å². The van der Waals surface area contributed by atoms with Gasteiger partial charge in [0.1, 0.15) is 23.3 Å². The zero-order valence-corrected chi connectivity index (χ0v) is 21.6. The van der Waals surface area contributed by atoms with Gasteiger partial charge in [-0.3, -0.25) is 19.3 Å². The lowest BCUT2D eigenvalue weighted by molar-refractivity contribution is -0.128. The lowest BCUT2D eigenvalue weighted by Crippen LogP contribution is -2.59. The Labute approximate surface area is 226 Å². The van der Waals surface area contributed by atoms with E-state index in [1.165, 1.54) is 18.2 Å². The Bertz CT molecular complexity index is 1340. The third kappa shape index (κ3) is 5.49. The molecule has 2 fully saturated rings. The van der Waals surface area contributed by atoms with E-state index in [4.69, 9.17) is 9.47 Å². The molecule has 3 amide bonds. The van der Waals surface area contributed by atoms with Gasteiger partial charge in [0.15, 0.2) is 0 Å². The Kier molecular flexibility index (Phi) is 7.60. The minimum Gasteiger partial charge on any atom is -0.497 e. The maximum absolute atomic E-state index is 13.9. The highest BCUT2D eigenvalue weighted by Gasteiger charge is 2.54. The van der Waals surface area contributed by atoms with E-state index in [1.807, 2.05) is 30.3 Å². The summed E-state index contributed by atoms with van der Waals surface area (Å²) in [6, 6.07) is 21.0. The van der Waals surface area contributed by atoms with Gasteiger partial charge in [0, 0.05) is 43.6 Å². The second-order valence-electron chi connectivity index (χ2n) is 9.68. The van der Waals surface area contributed by atoms with Crippen LogP contribution in [0.25, 0.3) is 0 Å². The molecule has 2 aliphatic rings. The fourth-order valence-electron chi connectivity index (χ4n) is 5.21. The molecule has 0 saturated carbocycles. The van der Waals surface area contributed by atoms with Gasteiger partial charge in [0.05, 0.1) is 13.7 Å². The van der Waals surface area contributed by atoms with E-state index < -0.39 is 17.6 Å². The summed E-state index contributed by atoms with van der Waals surface area (Å²) in [6.07, 6.45) is 0.636. The molecule has 2 aliphatic heterocycles. The largest absolute Gasteiger partial charge is 0.497 e. The molecule has 1 atom stereocenters. The SMILES string of the molecule is COc1ccc(C(=O)N2C(C(=O)NCc3ccccc3)COC23CCN(C(=O)c2cccc(F)c2)CC3)cc1. The lowest BCUT2D eigenvalue weighted by atomic mass is 9.96. The van der Waals surface area contributed by atoms with Crippen molar-refractivity contribution in [3.05, 3.63) is 101 Å². The van der Waals surface area contributed by atoms with Crippen LogP contribution in [0.15, 0.2) is 78.9 Å². The Morgan fingerprint density at radius 3 is 2.33 bits per heavy atom. The van der Waals surface area contributed by atoms with Crippen molar-refractivity contribution in [3.8, 4) is 5.75 Å². The first kappa shape index (κ1) is 26.4. The van der Waals surface area contributed by atoms with Crippen molar-refractivity contribution >= 4 is 17.7 Å². The van der Waals surface area contributed by atoms with Gasteiger partial charge in [0.25, 0.3) is 11.8 Å². The van der Waals surface area contributed by atoms with Gasteiger partial charge in [-0.2, -0.15) is 0 Å². The molecule has 1 spiro atoms. The third-order valence-electron chi connectivity index (χ3n) is 7.33. The van der Waals surface area contributed by atoms with E-state index in [1.54, 1.807) is 47.2 Å². The number of ether oxygens (including phenoxy) is 2. The summed E-state index contributed by atoms with van der Waals surface area (Å²) in [5.41, 5.74) is 0.559. The number of carbonyl (C=O) groups excluding carboxylic acids is 3. The number of nitrogens with one attached hydrogen (secondary N) is 1. The number of amides is 3. The van der Waals surface area contributed by atoms with Gasteiger partial charge < -0.3 is 19.7 Å². The van der Waals surface area contributed by atoms with E-state index in [0.717, 1.165) is 5.56 Å². The number of hydrogen-bond acceptors (Lipinski definition) is 5. The maximum atomic E-state index is 13.9. The molecule has 0 radical (unpaired) electrons. The molecule has 2 heterocycles. The first-order valence-electron chi connectivity index (χ1n) is 12.9. The Balaban J connectivity index is 1.36. The van der Waals surface area contributed by atoms with Crippen LogP contribution in [-0.4, -0.2) is 66.1 Å². The summed E-state index contributed by atoms with van der Waals surface area (Å²) < 4.78 is 25.2. The van der Waals surface area contributed by atoms with Crippen LogP contribution in [0.5, 0.6) is 5.75 Å². The molecule has 0 aliphatic carbocycles. The van der Waals surface area contributed by atoms with Crippen molar-refractivity contribution in [2.45, 2.75) is 31.2 Å². The summed E-state index contributed by atoms with van der Waals surface area (Å²) in [7, 11) is 1.55. The van der Waals surface area contributed by atoms with Crippen molar-refractivity contribution in [1.29, 1.82) is 0 Å². The summed E-state index contributed by atoms with van der Waals surface area (Å²) in [4.78, 5) is 43.4. The minimum atomic E-state index is -1.05. The second-order valence-corrected chi connectivity index (χ2v) is 9.68. The normalized spacial score (nSPS) is 18.2. The number of benzene rings is 3. The van der Waals surface area contributed by atoms with E-state index in [0.29, 0.717) is 43.8 Å². The smallest absolute Gasteiger partial charge is 0.256 e. The topological polar surface area (TPSA) is 88.2 Å². The molecule has 1 unspecified atom stereocenters. The number of piperidine rings is 1. The first-order chi connectivity index (χ1) is 18.9. The predicted octanol–water partition coefficient (Wildman–Crippen LogP) is 3.62. The molecular formula is C30H30FN3O5. The van der Waals surface area contributed by atoms with Gasteiger partial charge in [-0.15, -0.1) is 0 Å². The van der Waals surface area contributed by atoms with Crippen molar-refractivity contribution in [2.75, 3.05) is 26.8 Å². The monoisotopic (exact) mass is 531 g/mol. The molecule has 0 aromatic heterocycles. The molecule has 39 heavy (non-hydrogen) atoms. The molecule has 3 aromatic carbocycles. The number of likely N-dealkylation sites (tertiary alicyclic amines) is 1. The van der Waals surface area contributed by atoms with Crippen LogP contribution in [0.3, 0.4) is 0 Å². The minimum absolute atomic E-state index is 0.0420. The zero-order valence-electron chi connectivity index (χ0n) is 21.6. The summed E-state index contributed by atoms with van der Waals surface area (Å²) >= 11 is 0. The van der Waals surface area contributed by atoms with Crippen molar-refractivity contribution in [3.63, 3.8) is 0 Å². The number of nitrogens with zero attached hydrogens (tertiary/aromatic N) is 2. The summed E-state index contributed by atoms with van der Waals surface area (Å²) in [5.74, 6) is -0.794. The lowest BCUT2D eigenvalue weighted by Gasteiger charge is -2.44.